The number of benzene rings is 2. The summed E-state index contributed by atoms with van der Waals surface area (Å²) >= 11 is 0. The molecule has 1 unspecified atom stereocenters. The molecular weight excluding hydrogens is 258 g/mol. The zero-order chi connectivity index (χ0) is 15.0. The van der Waals surface area contributed by atoms with E-state index < -0.39 is 0 Å². The SMILES string of the molecule is Cc1cc(C)cc(C2CN=C(N)N2c2cccc(C)c2)c1. The molecule has 2 aromatic rings. The molecule has 0 bridgehead atoms. The van der Waals surface area contributed by atoms with Gasteiger partial charge in [-0.15, -0.1) is 0 Å². The second-order valence-corrected chi connectivity index (χ2v) is 5.84. The van der Waals surface area contributed by atoms with Crippen LogP contribution in [-0.4, -0.2) is 12.5 Å². The van der Waals surface area contributed by atoms with Gasteiger partial charge in [0.1, 0.15) is 0 Å². The van der Waals surface area contributed by atoms with E-state index >= 15 is 0 Å². The molecule has 21 heavy (non-hydrogen) atoms. The first kappa shape index (κ1) is 13.7. The molecule has 1 heterocycles. The van der Waals surface area contributed by atoms with Crippen LogP contribution < -0.4 is 10.6 Å². The fourth-order valence-electron chi connectivity index (χ4n) is 3.04. The van der Waals surface area contributed by atoms with Gasteiger partial charge in [0.05, 0.1) is 12.6 Å². The summed E-state index contributed by atoms with van der Waals surface area (Å²) in [6, 6.07) is 15.3. The number of aryl methyl sites for hydroxylation is 3. The molecule has 3 rings (SSSR count). The minimum Gasteiger partial charge on any atom is -0.369 e. The summed E-state index contributed by atoms with van der Waals surface area (Å²) in [5, 5.41) is 0. The number of nitrogens with two attached hydrogens (primary N) is 1. The quantitative estimate of drug-likeness (QED) is 0.914. The van der Waals surface area contributed by atoms with Gasteiger partial charge >= 0.3 is 0 Å². The Hall–Kier alpha value is -2.29. The molecule has 0 amide bonds. The smallest absolute Gasteiger partial charge is 0.196 e. The highest BCUT2D eigenvalue weighted by Crippen LogP contribution is 2.32. The fraction of sp³-hybridized carbons (Fsp3) is 0.278. The molecule has 0 spiro atoms. The van der Waals surface area contributed by atoms with Gasteiger partial charge in [0.25, 0.3) is 0 Å². The second kappa shape index (κ2) is 5.24. The molecule has 3 heteroatoms. The molecule has 2 aromatic carbocycles. The lowest BCUT2D eigenvalue weighted by Gasteiger charge is -2.27. The number of nitrogens with zero attached hydrogens (tertiary/aromatic N) is 2. The number of hydrogen-bond donors (Lipinski definition) is 1. The molecule has 0 fully saturated rings. The van der Waals surface area contributed by atoms with Gasteiger partial charge in [-0.1, -0.05) is 41.5 Å². The molecule has 0 saturated heterocycles. The zero-order valence-electron chi connectivity index (χ0n) is 12.8. The Morgan fingerprint density at radius 3 is 2.38 bits per heavy atom. The standard InChI is InChI=1S/C18H21N3/c1-12-5-4-6-16(10-12)21-17(11-20-18(21)19)15-8-13(2)7-14(3)9-15/h4-10,17H,11H2,1-3H3,(H2,19,20). The van der Waals surface area contributed by atoms with Crippen LogP contribution in [0.1, 0.15) is 28.3 Å². The summed E-state index contributed by atoms with van der Waals surface area (Å²) in [7, 11) is 0. The molecule has 1 aliphatic heterocycles. The van der Waals surface area contributed by atoms with E-state index in [1.165, 1.54) is 22.3 Å². The number of aliphatic imine (C=N–C) groups is 1. The minimum atomic E-state index is 0.186. The largest absolute Gasteiger partial charge is 0.369 e. The van der Waals surface area contributed by atoms with E-state index in [1.807, 2.05) is 0 Å². The van der Waals surface area contributed by atoms with Crippen molar-refractivity contribution in [3.8, 4) is 0 Å². The molecule has 108 valence electrons. The van der Waals surface area contributed by atoms with E-state index in [1.54, 1.807) is 0 Å². The summed E-state index contributed by atoms with van der Waals surface area (Å²) in [6.07, 6.45) is 0. The topological polar surface area (TPSA) is 41.6 Å². The van der Waals surface area contributed by atoms with E-state index in [0.717, 1.165) is 5.69 Å². The van der Waals surface area contributed by atoms with Crippen LogP contribution in [0.25, 0.3) is 0 Å². The molecule has 0 aliphatic carbocycles. The van der Waals surface area contributed by atoms with Crippen molar-refractivity contribution in [2.45, 2.75) is 26.8 Å². The Bertz CT molecular complexity index is 683. The number of anilines is 1. The third kappa shape index (κ3) is 2.64. The maximum Gasteiger partial charge on any atom is 0.196 e. The van der Waals surface area contributed by atoms with E-state index in [2.05, 4.69) is 73.1 Å². The number of rotatable bonds is 2. The second-order valence-electron chi connectivity index (χ2n) is 5.84. The Morgan fingerprint density at radius 2 is 1.71 bits per heavy atom. The highest BCUT2D eigenvalue weighted by atomic mass is 15.3. The summed E-state index contributed by atoms with van der Waals surface area (Å²) < 4.78 is 0. The van der Waals surface area contributed by atoms with Gasteiger partial charge in [0, 0.05) is 5.69 Å². The van der Waals surface area contributed by atoms with Crippen molar-refractivity contribution >= 4 is 11.6 Å². The predicted molar refractivity (Wildman–Crippen MR) is 88.8 cm³/mol. The molecule has 0 aromatic heterocycles. The molecule has 0 radical (unpaired) electrons. The Kier molecular flexibility index (Phi) is 3.42. The molecule has 0 saturated carbocycles. The normalized spacial score (nSPS) is 18.0. The lowest BCUT2D eigenvalue weighted by Crippen LogP contribution is -2.36. The third-order valence-electron chi connectivity index (χ3n) is 3.89. The maximum absolute atomic E-state index is 6.14. The number of guanidine groups is 1. The average molecular weight is 279 g/mol. The fourth-order valence-corrected chi connectivity index (χ4v) is 3.04. The highest BCUT2D eigenvalue weighted by Gasteiger charge is 2.29. The lowest BCUT2D eigenvalue weighted by molar-refractivity contribution is 0.766. The number of hydrogen-bond acceptors (Lipinski definition) is 3. The molecule has 1 aliphatic rings. The lowest BCUT2D eigenvalue weighted by atomic mass is 10.0. The summed E-state index contributed by atoms with van der Waals surface area (Å²) in [4.78, 5) is 6.60. The van der Waals surface area contributed by atoms with Gasteiger partial charge in [-0.3, -0.25) is 4.99 Å². The first-order valence-corrected chi connectivity index (χ1v) is 7.28. The van der Waals surface area contributed by atoms with Gasteiger partial charge in [-0.25, -0.2) is 0 Å². The van der Waals surface area contributed by atoms with Crippen LogP contribution >= 0.6 is 0 Å². The minimum absolute atomic E-state index is 0.186. The van der Waals surface area contributed by atoms with Gasteiger partial charge < -0.3 is 10.6 Å². The molecular formula is C18H21N3. The summed E-state index contributed by atoms with van der Waals surface area (Å²) in [6.45, 7) is 7.07. The summed E-state index contributed by atoms with van der Waals surface area (Å²) in [5.41, 5.74) is 12.3. The molecule has 2 N–H and O–H groups in total. The van der Waals surface area contributed by atoms with Crippen LogP contribution in [0.2, 0.25) is 0 Å². The summed E-state index contributed by atoms with van der Waals surface area (Å²) in [5.74, 6) is 0.602. The van der Waals surface area contributed by atoms with E-state index in [4.69, 9.17) is 5.73 Å². The molecule has 3 nitrogen and oxygen atoms in total. The Balaban J connectivity index is 2.02. The van der Waals surface area contributed by atoms with Crippen molar-refractivity contribution in [3.05, 3.63) is 64.7 Å². The van der Waals surface area contributed by atoms with Gasteiger partial charge in [0.15, 0.2) is 5.96 Å². The van der Waals surface area contributed by atoms with Crippen LogP contribution in [0.4, 0.5) is 5.69 Å². The average Bonchev–Trinajstić information content (AvgIpc) is 2.79. The van der Waals surface area contributed by atoms with E-state index in [9.17, 15) is 0 Å². The monoisotopic (exact) mass is 279 g/mol. The van der Waals surface area contributed by atoms with Crippen molar-refractivity contribution in [1.29, 1.82) is 0 Å². The van der Waals surface area contributed by atoms with Crippen molar-refractivity contribution in [1.82, 2.24) is 0 Å². The van der Waals surface area contributed by atoms with Crippen LogP contribution in [0.15, 0.2) is 47.5 Å². The van der Waals surface area contributed by atoms with Crippen LogP contribution in [0.5, 0.6) is 0 Å². The van der Waals surface area contributed by atoms with Crippen molar-refractivity contribution in [2.24, 2.45) is 10.7 Å². The van der Waals surface area contributed by atoms with Gasteiger partial charge in [-0.2, -0.15) is 0 Å². The van der Waals surface area contributed by atoms with Gasteiger partial charge in [0.2, 0.25) is 0 Å². The van der Waals surface area contributed by atoms with Crippen molar-refractivity contribution in [2.75, 3.05) is 11.4 Å². The van der Waals surface area contributed by atoms with Crippen LogP contribution in [0, 0.1) is 20.8 Å². The zero-order valence-corrected chi connectivity index (χ0v) is 12.8. The predicted octanol–water partition coefficient (Wildman–Crippen LogP) is 3.49. The van der Waals surface area contributed by atoms with Crippen LogP contribution in [0.3, 0.4) is 0 Å². The first-order chi connectivity index (χ1) is 10.0. The van der Waals surface area contributed by atoms with E-state index in [-0.39, 0.29) is 6.04 Å². The Labute approximate surface area is 126 Å². The third-order valence-corrected chi connectivity index (χ3v) is 3.89. The van der Waals surface area contributed by atoms with Crippen LogP contribution in [-0.2, 0) is 0 Å². The van der Waals surface area contributed by atoms with Crippen molar-refractivity contribution < 1.29 is 0 Å². The first-order valence-electron chi connectivity index (χ1n) is 7.28. The Morgan fingerprint density at radius 1 is 1.00 bits per heavy atom. The maximum atomic E-state index is 6.14. The highest BCUT2D eigenvalue weighted by molar-refractivity contribution is 5.97. The van der Waals surface area contributed by atoms with E-state index in [0.29, 0.717) is 12.5 Å². The van der Waals surface area contributed by atoms with Gasteiger partial charge in [-0.05, 0) is 44.0 Å². The molecule has 1 atom stereocenters. The van der Waals surface area contributed by atoms with Crippen molar-refractivity contribution in [3.63, 3.8) is 0 Å².